The molecule has 4 nitrogen and oxygen atoms in total. The van der Waals surface area contributed by atoms with Gasteiger partial charge in [0.2, 0.25) is 0 Å². The first-order valence-electron chi connectivity index (χ1n) is 5.73. The summed E-state index contributed by atoms with van der Waals surface area (Å²) in [6.45, 7) is 4.33. The molecule has 0 saturated carbocycles. The molecule has 0 aromatic heterocycles. The van der Waals surface area contributed by atoms with Crippen molar-refractivity contribution >= 4 is 23.5 Å². The van der Waals surface area contributed by atoms with E-state index >= 15 is 0 Å². The molecule has 1 aromatic rings. The van der Waals surface area contributed by atoms with Crippen LogP contribution in [0.2, 0.25) is 5.02 Å². The van der Waals surface area contributed by atoms with Crippen LogP contribution in [-0.2, 0) is 4.79 Å². The topological polar surface area (TPSA) is 57.6 Å². The van der Waals surface area contributed by atoms with E-state index in [0.717, 1.165) is 5.56 Å². The quantitative estimate of drug-likeness (QED) is 0.894. The van der Waals surface area contributed by atoms with Gasteiger partial charge in [0.15, 0.2) is 0 Å². The highest BCUT2D eigenvalue weighted by atomic mass is 35.5. The number of carboxylic acids is 1. The number of benzene rings is 1. The molecule has 98 valence electrons. The van der Waals surface area contributed by atoms with Gasteiger partial charge in [0.05, 0.1) is 6.42 Å². The van der Waals surface area contributed by atoms with Crippen LogP contribution in [0.5, 0.6) is 0 Å². The van der Waals surface area contributed by atoms with Crippen LogP contribution in [0, 0.1) is 6.92 Å². The minimum Gasteiger partial charge on any atom is -0.481 e. The van der Waals surface area contributed by atoms with Crippen LogP contribution in [0.4, 0.5) is 0 Å². The first-order valence-corrected chi connectivity index (χ1v) is 6.10. The van der Waals surface area contributed by atoms with Gasteiger partial charge in [-0.1, -0.05) is 11.6 Å². The number of halogens is 1. The lowest BCUT2D eigenvalue weighted by molar-refractivity contribution is -0.137. The predicted molar refractivity (Wildman–Crippen MR) is 70.0 cm³/mol. The number of hydrogen-bond donors (Lipinski definition) is 1. The van der Waals surface area contributed by atoms with E-state index in [-0.39, 0.29) is 18.9 Å². The van der Waals surface area contributed by atoms with E-state index < -0.39 is 5.97 Å². The third-order valence-electron chi connectivity index (χ3n) is 2.68. The molecule has 0 bridgehead atoms. The zero-order chi connectivity index (χ0) is 13.7. The van der Waals surface area contributed by atoms with Gasteiger partial charge in [0, 0.05) is 23.7 Å². The first kappa shape index (κ1) is 14.5. The van der Waals surface area contributed by atoms with E-state index in [4.69, 9.17) is 16.7 Å². The summed E-state index contributed by atoms with van der Waals surface area (Å²) in [4.78, 5) is 24.3. The summed E-state index contributed by atoms with van der Waals surface area (Å²) in [5.41, 5.74) is 1.35. The summed E-state index contributed by atoms with van der Waals surface area (Å²) in [7, 11) is 0. The second-order valence-corrected chi connectivity index (χ2v) is 4.42. The molecule has 0 spiro atoms. The van der Waals surface area contributed by atoms with Crippen LogP contribution in [0.1, 0.15) is 29.3 Å². The van der Waals surface area contributed by atoms with Gasteiger partial charge < -0.3 is 10.0 Å². The molecule has 0 aliphatic heterocycles. The SMILES string of the molecule is CCN(CCC(=O)O)C(=O)c1ccc(Cl)cc1C. The standard InChI is InChI=1S/C13H16ClNO3/c1-3-15(7-6-12(16)17)13(18)11-5-4-10(14)8-9(11)2/h4-5,8H,3,6-7H2,1-2H3,(H,16,17). The summed E-state index contributed by atoms with van der Waals surface area (Å²) in [5.74, 6) is -1.07. The zero-order valence-electron chi connectivity index (χ0n) is 10.4. The zero-order valence-corrected chi connectivity index (χ0v) is 11.2. The lowest BCUT2D eigenvalue weighted by Gasteiger charge is -2.21. The maximum absolute atomic E-state index is 12.2. The van der Waals surface area contributed by atoms with E-state index in [1.807, 2.05) is 13.8 Å². The molecular weight excluding hydrogens is 254 g/mol. The van der Waals surface area contributed by atoms with Gasteiger partial charge in [-0.3, -0.25) is 9.59 Å². The van der Waals surface area contributed by atoms with Crippen molar-refractivity contribution in [2.45, 2.75) is 20.3 Å². The lowest BCUT2D eigenvalue weighted by atomic mass is 10.1. The van der Waals surface area contributed by atoms with Gasteiger partial charge in [-0.15, -0.1) is 0 Å². The number of aryl methyl sites for hydroxylation is 1. The van der Waals surface area contributed by atoms with Crippen molar-refractivity contribution in [3.05, 3.63) is 34.3 Å². The largest absolute Gasteiger partial charge is 0.481 e. The Morgan fingerprint density at radius 2 is 2.06 bits per heavy atom. The van der Waals surface area contributed by atoms with Crippen LogP contribution in [0.3, 0.4) is 0 Å². The van der Waals surface area contributed by atoms with Crippen molar-refractivity contribution in [2.24, 2.45) is 0 Å². The van der Waals surface area contributed by atoms with Crippen LogP contribution >= 0.6 is 11.6 Å². The van der Waals surface area contributed by atoms with E-state index in [1.165, 1.54) is 4.90 Å². The van der Waals surface area contributed by atoms with Gasteiger partial charge in [0.1, 0.15) is 0 Å². The molecule has 0 aliphatic rings. The molecule has 5 heteroatoms. The smallest absolute Gasteiger partial charge is 0.305 e. The molecule has 1 amide bonds. The van der Waals surface area contributed by atoms with Gasteiger partial charge >= 0.3 is 5.97 Å². The second kappa shape index (κ2) is 6.40. The molecule has 0 saturated heterocycles. The monoisotopic (exact) mass is 269 g/mol. The Morgan fingerprint density at radius 3 is 2.56 bits per heavy atom. The van der Waals surface area contributed by atoms with E-state index in [1.54, 1.807) is 18.2 Å². The molecule has 1 aromatic carbocycles. The number of nitrogens with zero attached hydrogens (tertiary/aromatic N) is 1. The molecule has 18 heavy (non-hydrogen) atoms. The highest BCUT2D eigenvalue weighted by Gasteiger charge is 2.17. The van der Waals surface area contributed by atoms with Crippen molar-refractivity contribution in [3.63, 3.8) is 0 Å². The van der Waals surface area contributed by atoms with Crippen molar-refractivity contribution < 1.29 is 14.7 Å². The highest BCUT2D eigenvalue weighted by molar-refractivity contribution is 6.30. The summed E-state index contributed by atoms with van der Waals surface area (Å²) < 4.78 is 0. The van der Waals surface area contributed by atoms with Gasteiger partial charge in [-0.05, 0) is 37.6 Å². The molecule has 1 rings (SSSR count). The van der Waals surface area contributed by atoms with E-state index in [2.05, 4.69) is 0 Å². The fourth-order valence-corrected chi connectivity index (χ4v) is 1.90. The Balaban J connectivity index is 2.86. The third-order valence-corrected chi connectivity index (χ3v) is 2.92. The number of carbonyl (C=O) groups excluding carboxylic acids is 1. The number of rotatable bonds is 5. The maximum Gasteiger partial charge on any atom is 0.305 e. The predicted octanol–water partition coefficient (Wildman–Crippen LogP) is 2.59. The normalized spacial score (nSPS) is 10.2. The van der Waals surface area contributed by atoms with Crippen LogP contribution < -0.4 is 0 Å². The van der Waals surface area contributed by atoms with Crippen LogP contribution in [-0.4, -0.2) is 35.0 Å². The van der Waals surface area contributed by atoms with Crippen molar-refractivity contribution in [1.29, 1.82) is 0 Å². The number of carboxylic acid groups (broad SMARTS) is 1. The Morgan fingerprint density at radius 1 is 1.39 bits per heavy atom. The Bertz CT molecular complexity index is 460. The average molecular weight is 270 g/mol. The average Bonchev–Trinajstić information content (AvgIpc) is 2.29. The first-order chi connectivity index (χ1) is 8.45. The van der Waals surface area contributed by atoms with Crippen molar-refractivity contribution in [2.75, 3.05) is 13.1 Å². The van der Waals surface area contributed by atoms with Gasteiger partial charge in [-0.2, -0.15) is 0 Å². The van der Waals surface area contributed by atoms with Gasteiger partial charge in [0.25, 0.3) is 5.91 Å². The Kier molecular flexibility index (Phi) is 5.16. The van der Waals surface area contributed by atoms with E-state index in [9.17, 15) is 9.59 Å². The summed E-state index contributed by atoms with van der Waals surface area (Å²) in [5, 5.41) is 9.23. The molecule has 0 fully saturated rings. The van der Waals surface area contributed by atoms with Crippen molar-refractivity contribution in [1.82, 2.24) is 4.90 Å². The number of amides is 1. The molecule has 0 heterocycles. The Labute approximate surface area is 111 Å². The van der Waals surface area contributed by atoms with E-state index in [0.29, 0.717) is 17.1 Å². The fraction of sp³-hybridized carbons (Fsp3) is 0.385. The van der Waals surface area contributed by atoms with Crippen LogP contribution in [0.25, 0.3) is 0 Å². The second-order valence-electron chi connectivity index (χ2n) is 3.99. The molecule has 1 N–H and O–H groups in total. The lowest BCUT2D eigenvalue weighted by Crippen LogP contribution is -2.33. The minimum atomic E-state index is -0.908. The number of aliphatic carboxylic acids is 1. The molecule has 0 atom stereocenters. The fourth-order valence-electron chi connectivity index (χ4n) is 1.67. The minimum absolute atomic E-state index is 0.0494. The molecular formula is C13H16ClNO3. The Hall–Kier alpha value is -1.55. The maximum atomic E-state index is 12.2. The molecule has 0 radical (unpaired) electrons. The highest BCUT2D eigenvalue weighted by Crippen LogP contribution is 2.17. The summed E-state index contributed by atoms with van der Waals surface area (Å²) >= 11 is 5.84. The van der Waals surface area contributed by atoms with Crippen molar-refractivity contribution in [3.8, 4) is 0 Å². The number of carbonyl (C=O) groups is 2. The summed E-state index contributed by atoms with van der Waals surface area (Å²) in [6.07, 6.45) is -0.0494. The number of hydrogen-bond acceptors (Lipinski definition) is 2. The van der Waals surface area contributed by atoms with Crippen LogP contribution in [0.15, 0.2) is 18.2 Å². The molecule has 0 aliphatic carbocycles. The third kappa shape index (κ3) is 3.74. The van der Waals surface area contributed by atoms with Gasteiger partial charge in [-0.25, -0.2) is 0 Å². The molecule has 0 unspecified atom stereocenters. The summed E-state index contributed by atoms with van der Waals surface area (Å²) in [6, 6.07) is 5.05.